The number of halogens is 1. The van der Waals surface area contributed by atoms with Gasteiger partial charge in [0.05, 0.1) is 18.7 Å². The number of amides is 1. The Bertz CT molecular complexity index is 905. The van der Waals surface area contributed by atoms with Gasteiger partial charge in [0.15, 0.2) is 0 Å². The van der Waals surface area contributed by atoms with Crippen LogP contribution >= 0.6 is 15.9 Å². The summed E-state index contributed by atoms with van der Waals surface area (Å²) in [4.78, 5) is 26.8. The monoisotopic (exact) mass is 445 g/mol. The van der Waals surface area contributed by atoms with Crippen molar-refractivity contribution < 1.29 is 24.5 Å². The third-order valence-electron chi connectivity index (χ3n) is 4.65. The van der Waals surface area contributed by atoms with E-state index in [9.17, 15) is 19.8 Å². The van der Waals surface area contributed by atoms with Gasteiger partial charge in [-0.15, -0.1) is 0 Å². The number of ether oxygens (including phenoxy) is 1. The Morgan fingerprint density at radius 3 is 2.32 bits per heavy atom. The van der Waals surface area contributed by atoms with Gasteiger partial charge in [0.25, 0.3) is 11.7 Å². The highest BCUT2D eigenvalue weighted by atomic mass is 79.9. The Balaban J connectivity index is 2.12. The van der Waals surface area contributed by atoms with E-state index in [4.69, 9.17) is 4.74 Å². The van der Waals surface area contributed by atoms with E-state index < -0.39 is 17.7 Å². The third-order valence-corrected chi connectivity index (χ3v) is 5.17. The van der Waals surface area contributed by atoms with Crippen molar-refractivity contribution in [2.75, 3.05) is 20.3 Å². The minimum Gasteiger partial charge on any atom is -0.507 e. The standard InChI is InChI=1S/C21H20BrNO5/c1-28-16-9-5-14(6-10-16)19(25)17-18(13-3-7-15(22)8-4-13)23(11-2-12-24)21(27)20(17)26/h3-10,18,24-25H,2,11-12H2,1H3/t18-/m0/s1. The SMILES string of the molecule is COc1ccc(C(O)=C2C(=O)C(=O)N(CCCO)[C@H]2c2ccc(Br)cc2)cc1. The number of carbonyl (C=O) groups excluding carboxylic acids is 2. The highest BCUT2D eigenvalue weighted by Crippen LogP contribution is 2.39. The topological polar surface area (TPSA) is 87.1 Å². The molecule has 0 bridgehead atoms. The van der Waals surface area contributed by atoms with E-state index in [2.05, 4.69) is 15.9 Å². The van der Waals surface area contributed by atoms with Crippen molar-refractivity contribution in [3.8, 4) is 5.75 Å². The van der Waals surface area contributed by atoms with Crippen LogP contribution in [0.3, 0.4) is 0 Å². The van der Waals surface area contributed by atoms with E-state index in [-0.39, 0.29) is 24.5 Å². The second kappa shape index (κ2) is 8.58. The van der Waals surface area contributed by atoms with E-state index in [1.54, 1.807) is 36.4 Å². The summed E-state index contributed by atoms with van der Waals surface area (Å²) in [6.45, 7) is 0.107. The van der Waals surface area contributed by atoms with Crippen molar-refractivity contribution in [1.29, 1.82) is 0 Å². The molecule has 3 rings (SSSR count). The average molecular weight is 446 g/mol. The highest BCUT2D eigenvalue weighted by Gasteiger charge is 2.45. The molecule has 0 radical (unpaired) electrons. The number of likely N-dealkylation sites (tertiary alicyclic amines) is 1. The molecule has 0 saturated carbocycles. The Morgan fingerprint density at radius 1 is 1.11 bits per heavy atom. The molecule has 0 aromatic heterocycles. The quantitative estimate of drug-likeness (QED) is 0.404. The van der Waals surface area contributed by atoms with Crippen LogP contribution in [-0.2, 0) is 9.59 Å². The van der Waals surface area contributed by atoms with E-state index >= 15 is 0 Å². The molecule has 2 N–H and O–H groups in total. The van der Waals surface area contributed by atoms with Gasteiger partial charge < -0.3 is 19.8 Å². The fourth-order valence-electron chi connectivity index (χ4n) is 3.25. The molecule has 28 heavy (non-hydrogen) atoms. The summed E-state index contributed by atoms with van der Waals surface area (Å²) in [5.74, 6) is -1.04. The molecule has 146 valence electrons. The van der Waals surface area contributed by atoms with Crippen LogP contribution in [0.1, 0.15) is 23.6 Å². The number of carbonyl (C=O) groups is 2. The molecule has 1 heterocycles. The molecule has 0 unspecified atom stereocenters. The maximum absolute atomic E-state index is 12.8. The van der Waals surface area contributed by atoms with Crippen LogP contribution in [0.2, 0.25) is 0 Å². The van der Waals surface area contributed by atoms with Gasteiger partial charge in [0, 0.05) is 23.2 Å². The molecule has 1 amide bonds. The number of Topliss-reactive ketones (excluding diaryl/α,β-unsaturated/α-hetero) is 1. The van der Waals surface area contributed by atoms with Gasteiger partial charge >= 0.3 is 0 Å². The Kier molecular flexibility index (Phi) is 6.16. The number of hydrogen-bond donors (Lipinski definition) is 2. The van der Waals surface area contributed by atoms with Crippen molar-refractivity contribution in [3.63, 3.8) is 0 Å². The maximum atomic E-state index is 12.8. The zero-order chi connectivity index (χ0) is 20.3. The highest BCUT2D eigenvalue weighted by molar-refractivity contribution is 9.10. The molecular weight excluding hydrogens is 426 g/mol. The Labute approximate surface area is 171 Å². The van der Waals surface area contributed by atoms with Gasteiger partial charge in [-0.1, -0.05) is 28.1 Å². The number of rotatable bonds is 6. The lowest BCUT2D eigenvalue weighted by Crippen LogP contribution is -2.31. The van der Waals surface area contributed by atoms with Gasteiger partial charge in [-0.3, -0.25) is 9.59 Å². The molecule has 0 aliphatic carbocycles. The summed E-state index contributed by atoms with van der Waals surface area (Å²) in [5, 5.41) is 20.1. The van der Waals surface area contributed by atoms with Gasteiger partial charge in [-0.25, -0.2) is 0 Å². The van der Waals surface area contributed by atoms with Gasteiger partial charge in [0.2, 0.25) is 0 Å². The number of nitrogens with zero attached hydrogens (tertiary/aromatic N) is 1. The molecule has 1 saturated heterocycles. The summed E-state index contributed by atoms with van der Waals surface area (Å²) in [6, 6.07) is 13.1. The van der Waals surface area contributed by atoms with Crippen molar-refractivity contribution in [3.05, 3.63) is 69.7 Å². The van der Waals surface area contributed by atoms with Crippen molar-refractivity contribution >= 4 is 33.4 Å². The van der Waals surface area contributed by atoms with Crippen LogP contribution in [0.15, 0.2) is 58.6 Å². The first-order valence-corrected chi connectivity index (χ1v) is 9.56. The normalized spacial score (nSPS) is 18.5. The Hall–Kier alpha value is -2.64. The molecule has 1 aliphatic rings. The molecule has 1 fully saturated rings. The van der Waals surface area contributed by atoms with E-state index in [0.29, 0.717) is 23.3 Å². The molecule has 1 atom stereocenters. The lowest BCUT2D eigenvalue weighted by atomic mass is 9.95. The van der Waals surface area contributed by atoms with Gasteiger partial charge in [-0.05, 0) is 48.4 Å². The number of benzene rings is 2. The van der Waals surface area contributed by atoms with Crippen LogP contribution in [0.5, 0.6) is 5.75 Å². The van der Waals surface area contributed by atoms with E-state index in [1.807, 2.05) is 12.1 Å². The number of hydrogen-bond acceptors (Lipinski definition) is 5. The van der Waals surface area contributed by atoms with Crippen LogP contribution in [-0.4, -0.2) is 47.1 Å². The number of aliphatic hydroxyl groups excluding tert-OH is 2. The van der Waals surface area contributed by atoms with Gasteiger partial charge in [-0.2, -0.15) is 0 Å². The van der Waals surface area contributed by atoms with Crippen molar-refractivity contribution in [2.45, 2.75) is 12.5 Å². The molecule has 6 nitrogen and oxygen atoms in total. The van der Waals surface area contributed by atoms with Gasteiger partial charge in [0.1, 0.15) is 11.5 Å². The van der Waals surface area contributed by atoms with Crippen LogP contribution in [0.25, 0.3) is 5.76 Å². The molecule has 2 aromatic carbocycles. The average Bonchev–Trinajstić information content (AvgIpc) is 2.97. The second-order valence-corrected chi connectivity index (χ2v) is 7.27. The second-order valence-electron chi connectivity index (χ2n) is 6.35. The molecule has 7 heteroatoms. The molecular formula is C21H20BrNO5. The molecule has 2 aromatic rings. The summed E-state index contributed by atoms with van der Waals surface area (Å²) < 4.78 is 5.98. The van der Waals surface area contributed by atoms with Crippen molar-refractivity contribution in [1.82, 2.24) is 4.90 Å². The summed E-state index contributed by atoms with van der Waals surface area (Å²) in [5.41, 5.74) is 1.16. The fraction of sp³-hybridized carbons (Fsp3) is 0.238. The van der Waals surface area contributed by atoms with E-state index in [0.717, 1.165) is 4.47 Å². The summed E-state index contributed by atoms with van der Waals surface area (Å²) >= 11 is 3.38. The lowest BCUT2D eigenvalue weighted by Gasteiger charge is -2.25. The minimum atomic E-state index is -0.737. The smallest absolute Gasteiger partial charge is 0.295 e. The number of ketones is 1. The largest absolute Gasteiger partial charge is 0.507 e. The first-order valence-electron chi connectivity index (χ1n) is 8.77. The van der Waals surface area contributed by atoms with Crippen LogP contribution in [0, 0.1) is 0 Å². The third kappa shape index (κ3) is 3.81. The van der Waals surface area contributed by atoms with Crippen molar-refractivity contribution in [2.24, 2.45) is 0 Å². The summed E-state index contributed by atoms with van der Waals surface area (Å²) in [7, 11) is 1.54. The summed E-state index contributed by atoms with van der Waals surface area (Å²) in [6.07, 6.45) is 0.336. The zero-order valence-electron chi connectivity index (χ0n) is 15.3. The first-order chi connectivity index (χ1) is 13.5. The fourth-order valence-corrected chi connectivity index (χ4v) is 3.51. The molecule has 0 spiro atoms. The predicted molar refractivity (Wildman–Crippen MR) is 108 cm³/mol. The number of methoxy groups -OCH3 is 1. The predicted octanol–water partition coefficient (Wildman–Crippen LogP) is 3.26. The Morgan fingerprint density at radius 2 is 1.75 bits per heavy atom. The molecule has 1 aliphatic heterocycles. The number of aliphatic hydroxyl groups is 2. The zero-order valence-corrected chi connectivity index (χ0v) is 16.8. The maximum Gasteiger partial charge on any atom is 0.295 e. The first kappa shape index (κ1) is 20.1. The van der Waals surface area contributed by atoms with Crippen LogP contribution in [0.4, 0.5) is 0 Å². The minimum absolute atomic E-state index is 0.0374. The van der Waals surface area contributed by atoms with E-state index in [1.165, 1.54) is 12.0 Å². The van der Waals surface area contributed by atoms with Crippen LogP contribution < -0.4 is 4.74 Å². The lowest BCUT2D eigenvalue weighted by molar-refractivity contribution is -0.140.